The first-order valence-electron chi connectivity index (χ1n) is 4.12. The Morgan fingerprint density at radius 3 is 2.80 bits per heavy atom. The number of carbonyl (C=O) groups excluding carboxylic acids is 2. The van der Waals surface area contributed by atoms with Gasteiger partial charge in [0, 0.05) is 5.56 Å². The molecule has 0 aliphatic carbocycles. The minimum absolute atomic E-state index is 0.00343. The van der Waals surface area contributed by atoms with Crippen molar-refractivity contribution in [3.05, 3.63) is 27.7 Å². The number of aromatic hydroxyl groups is 1. The molecule has 1 rings (SSSR count). The van der Waals surface area contributed by atoms with E-state index < -0.39 is 5.97 Å². The number of rotatable bonds is 3. The summed E-state index contributed by atoms with van der Waals surface area (Å²) in [4.78, 5) is 21.7. The first-order chi connectivity index (χ1) is 7.08. The van der Waals surface area contributed by atoms with Gasteiger partial charge in [0.2, 0.25) is 0 Å². The van der Waals surface area contributed by atoms with Crippen LogP contribution < -0.4 is 0 Å². The van der Waals surface area contributed by atoms with E-state index in [1.54, 1.807) is 0 Å². The van der Waals surface area contributed by atoms with Gasteiger partial charge in [-0.1, -0.05) is 0 Å². The van der Waals surface area contributed by atoms with Crippen molar-refractivity contribution in [2.24, 2.45) is 0 Å². The van der Waals surface area contributed by atoms with E-state index in [0.29, 0.717) is 16.3 Å². The molecule has 0 saturated carbocycles. The van der Waals surface area contributed by atoms with Crippen molar-refractivity contribution in [2.45, 2.75) is 6.42 Å². The lowest BCUT2D eigenvalue weighted by Crippen LogP contribution is -2.06. The summed E-state index contributed by atoms with van der Waals surface area (Å²) in [7, 11) is 1.28. The normalized spacial score (nSPS) is 9.73. The van der Waals surface area contributed by atoms with Crippen molar-refractivity contribution in [3.8, 4) is 5.75 Å². The largest absolute Gasteiger partial charge is 0.507 e. The van der Waals surface area contributed by atoms with Crippen LogP contribution in [-0.2, 0) is 16.0 Å². The lowest BCUT2D eigenvalue weighted by atomic mass is 10.1. The Balaban J connectivity index is 3.10. The van der Waals surface area contributed by atoms with Crippen molar-refractivity contribution >= 4 is 28.2 Å². The molecule has 80 valence electrons. The summed E-state index contributed by atoms with van der Waals surface area (Å²) < 4.78 is 4.93. The molecule has 0 fully saturated rings. The maximum Gasteiger partial charge on any atom is 0.310 e. The number of carbonyl (C=O) groups is 2. The zero-order valence-electron chi connectivity index (χ0n) is 7.99. The van der Waals surface area contributed by atoms with Gasteiger partial charge in [-0.25, -0.2) is 0 Å². The Bertz CT molecular complexity index is 401. The van der Waals surface area contributed by atoms with Crippen LogP contribution in [0.3, 0.4) is 0 Å². The highest BCUT2D eigenvalue weighted by Crippen LogP contribution is 2.27. The molecule has 0 atom stereocenters. The van der Waals surface area contributed by atoms with Crippen molar-refractivity contribution < 1.29 is 19.4 Å². The van der Waals surface area contributed by atoms with Gasteiger partial charge in [-0.2, -0.15) is 0 Å². The van der Waals surface area contributed by atoms with Crippen molar-refractivity contribution in [1.29, 1.82) is 0 Å². The molecule has 0 bridgehead atoms. The molecular formula is C10H9BrO4. The fraction of sp³-hybridized carbons (Fsp3) is 0.200. The molecule has 1 aromatic rings. The number of methoxy groups -OCH3 is 1. The minimum atomic E-state index is -0.435. The molecule has 0 aromatic heterocycles. The lowest BCUT2D eigenvalue weighted by molar-refractivity contribution is -0.139. The van der Waals surface area contributed by atoms with Crippen molar-refractivity contribution in [3.63, 3.8) is 0 Å². The molecule has 0 unspecified atom stereocenters. The molecule has 0 radical (unpaired) electrons. The van der Waals surface area contributed by atoms with Gasteiger partial charge in [0.1, 0.15) is 12.0 Å². The van der Waals surface area contributed by atoms with Crippen LogP contribution in [0.4, 0.5) is 0 Å². The third-order valence-electron chi connectivity index (χ3n) is 1.90. The summed E-state index contributed by atoms with van der Waals surface area (Å²) >= 11 is 3.10. The predicted molar refractivity (Wildman–Crippen MR) is 56.9 cm³/mol. The smallest absolute Gasteiger partial charge is 0.310 e. The Labute approximate surface area is 95.0 Å². The molecule has 4 nitrogen and oxygen atoms in total. The first kappa shape index (κ1) is 11.7. The summed E-state index contributed by atoms with van der Waals surface area (Å²) in [5.41, 5.74) is 0.794. The summed E-state index contributed by atoms with van der Waals surface area (Å²) in [6, 6.07) is 2.82. The van der Waals surface area contributed by atoms with Crippen LogP contribution in [0, 0.1) is 0 Å². The number of ether oxygens (including phenoxy) is 1. The summed E-state index contributed by atoms with van der Waals surface area (Å²) in [5.74, 6) is -0.471. The Kier molecular flexibility index (Phi) is 3.85. The molecule has 0 saturated heterocycles. The molecule has 5 heteroatoms. The Morgan fingerprint density at radius 2 is 2.27 bits per heavy atom. The molecule has 0 amide bonds. The predicted octanol–water partition coefficient (Wildman–Crippen LogP) is 1.68. The summed E-state index contributed by atoms with van der Waals surface area (Å²) in [6.07, 6.45) is 0.591. The van der Waals surface area contributed by atoms with Gasteiger partial charge in [-0.3, -0.25) is 9.59 Å². The van der Waals surface area contributed by atoms with E-state index >= 15 is 0 Å². The molecule has 0 spiro atoms. The van der Waals surface area contributed by atoms with Crippen molar-refractivity contribution in [2.75, 3.05) is 7.11 Å². The quantitative estimate of drug-likeness (QED) is 0.672. The third-order valence-corrected chi connectivity index (χ3v) is 2.53. The maximum atomic E-state index is 11.0. The minimum Gasteiger partial charge on any atom is -0.507 e. The van der Waals surface area contributed by atoms with Crippen molar-refractivity contribution in [1.82, 2.24) is 0 Å². The number of esters is 1. The monoisotopic (exact) mass is 272 g/mol. The van der Waals surface area contributed by atoms with E-state index in [1.807, 2.05) is 0 Å². The first-order valence-corrected chi connectivity index (χ1v) is 4.91. The van der Waals surface area contributed by atoms with Crippen LogP contribution in [0.5, 0.6) is 5.75 Å². The average molecular weight is 273 g/mol. The molecule has 15 heavy (non-hydrogen) atoms. The van der Waals surface area contributed by atoms with E-state index in [2.05, 4.69) is 20.7 Å². The van der Waals surface area contributed by atoms with Gasteiger partial charge >= 0.3 is 5.97 Å². The zero-order chi connectivity index (χ0) is 11.4. The second kappa shape index (κ2) is 4.93. The highest BCUT2D eigenvalue weighted by Gasteiger charge is 2.11. The Morgan fingerprint density at radius 1 is 1.60 bits per heavy atom. The molecule has 0 aliphatic heterocycles. The maximum absolute atomic E-state index is 11.0. The highest BCUT2D eigenvalue weighted by atomic mass is 79.9. The number of hydrogen-bond donors (Lipinski definition) is 1. The van der Waals surface area contributed by atoms with Crippen LogP contribution in [0.15, 0.2) is 16.6 Å². The fourth-order valence-corrected chi connectivity index (χ4v) is 1.50. The number of benzene rings is 1. The van der Waals surface area contributed by atoms with Crippen LogP contribution in [0.1, 0.15) is 15.9 Å². The third kappa shape index (κ3) is 2.79. The zero-order valence-corrected chi connectivity index (χ0v) is 9.58. The van der Waals surface area contributed by atoms with Gasteiger partial charge in [0.15, 0.2) is 0 Å². The molecule has 1 N–H and O–H groups in total. The van der Waals surface area contributed by atoms with E-state index in [4.69, 9.17) is 0 Å². The SMILES string of the molecule is COC(=O)Cc1cc(Br)c(O)cc1C=O. The fourth-order valence-electron chi connectivity index (χ4n) is 1.11. The lowest BCUT2D eigenvalue weighted by Gasteiger charge is -2.05. The van der Waals surface area contributed by atoms with E-state index in [0.717, 1.165) is 0 Å². The summed E-state index contributed by atoms with van der Waals surface area (Å²) in [6.45, 7) is 0. The Hall–Kier alpha value is -1.36. The molecule has 1 aromatic carbocycles. The number of aldehydes is 1. The van der Waals surface area contributed by atoms with Gasteiger partial charge in [0.05, 0.1) is 18.0 Å². The van der Waals surface area contributed by atoms with E-state index in [9.17, 15) is 14.7 Å². The van der Waals surface area contributed by atoms with Gasteiger partial charge in [-0.05, 0) is 33.6 Å². The second-order valence-corrected chi connectivity index (χ2v) is 3.73. The average Bonchev–Trinajstić information content (AvgIpc) is 2.22. The molecular weight excluding hydrogens is 264 g/mol. The number of phenols is 1. The van der Waals surface area contributed by atoms with Gasteiger partial charge in [0.25, 0.3) is 0 Å². The molecule has 0 aliphatic rings. The van der Waals surface area contributed by atoms with Gasteiger partial charge in [-0.15, -0.1) is 0 Å². The number of halogens is 1. The number of hydrogen-bond acceptors (Lipinski definition) is 4. The summed E-state index contributed by atoms with van der Waals surface area (Å²) in [5, 5.41) is 9.33. The van der Waals surface area contributed by atoms with Crippen LogP contribution in [-0.4, -0.2) is 24.5 Å². The molecule has 0 heterocycles. The van der Waals surface area contributed by atoms with Crippen LogP contribution in [0.25, 0.3) is 0 Å². The highest BCUT2D eigenvalue weighted by molar-refractivity contribution is 9.10. The topological polar surface area (TPSA) is 63.6 Å². The van der Waals surface area contributed by atoms with Crippen LogP contribution >= 0.6 is 15.9 Å². The van der Waals surface area contributed by atoms with Crippen LogP contribution in [0.2, 0.25) is 0 Å². The van der Waals surface area contributed by atoms with E-state index in [1.165, 1.54) is 19.2 Å². The van der Waals surface area contributed by atoms with Gasteiger partial charge < -0.3 is 9.84 Å². The standard InChI is InChI=1S/C10H9BrO4/c1-15-10(14)4-6-2-8(11)9(13)3-7(6)5-12/h2-3,5,13H,4H2,1H3. The second-order valence-electron chi connectivity index (χ2n) is 2.87. The number of phenolic OH excluding ortho intramolecular Hbond substituents is 1. The van der Waals surface area contributed by atoms with E-state index in [-0.39, 0.29) is 17.7 Å².